The van der Waals surface area contributed by atoms with Crippen molar-refractivity contribution in [1.29, 1.82) is 0 Å². The van der Waals surface area contributed by atoms with Crippen LogP contribution in [0.25, 0.3) is 0 Å². The number of carbonyl (C=O) groups excluding carboxylic acids is 3. The van der Waals surface area contributed by atoms with Gasteiger partial charge in [0.15, 0.2) is 5.13 Å². The molecule has 9 nitrogen and oxygen atoms in total. The maximum absolute atomic E-state index is 12.6. The molecule has 1 aromatic carbocycles. The number of rotatable bonds is 4. The zero-order valence-electron chi connectivity index (χ0n) is 15.7. The quantitative estimate of drug-likeness (QED) is 0.763. The summed E-state index contributed by atoms with van der Waals surface area (Å²) in [4.78, 5) is 43.8. The van der Waals surface area contributed by atoms with E-state index < -0.39 is 6.03 Å². The summed E-state index contributed by atoms with van der Waals surface area (Å²) in [6.45, 7) is 3.68. The zero-order valence-corrected chi connectivity index (χ0v) is 17.3. The molecule has 1 saturated heterocycles. The van der Waals surface area contributed by atoms with Crippen molar-refractivity contribution in [1.82, 2.24) is 14.8 Å². The number of ether oxygens (including phenoxy) is 1. The van der Waals surface area contributed by atoms with Gasteiger partial charge < -0.3 is 19.9 Å². The summed E-state index contributed by atoms with van der Waals surface area (Å²) in [6, 6.07) is 6.21. The molecule has 0 saturated carbocycles. The van der Waals surface area contributed by atoms with E-state index in [1.807, 2.05) is 0 Å². The number of amides is 4. The van der Waals surface area contributed by atoms with Gasteiger partial charge >= 0.3 is 12.1 Å². The van der Waals surface area contributed by atoms with Gasteiger partial charge in [0.25, 0.3) is 5.91 Å². The molecular formula is C18H20ClN5O4S. The Kier molecular flexibility index (Phi) is 6.89. The molecule has 2 aromatic rings. The van der Waals surface area contributed by atoms with Crippen molar-refractivity contribution in [3.05, 3.63) is 40.4 Å². The summed E-state index contributed by atoms with van der Waals surface area (Å²) in [7, 11) is 0. The zero-order chi connectivity index (χ0) is 20.8. The molecule has 0 unspecified atom stereocenters. The van der Waals surface area contributed by atoms with Gasteiger partial charge in [-0.2, -0.15) is 0 Å². The lowest BCUT2D eigenvalue weighted by molar-refractivity contribution is 0.0566. The number of nitrogens with one attached hydrogen (secondary N) is 2. The maximum Gasteiger partial charge on any atom is 0.409 e. The monoisotopic (exact) mass is 437 g/mol. The highest BCUT2D eigenvalue weighted by molar-refractivity contribution is 7.14. The second-order valence-corrected chi connectivity index (χ2v) is 7.40. The summed E-state index contributed by atoms with van der Waals surface area (Å²) >= 11 is 6.97. The molecular weight excluding hydrogens is 418 g/mol. The number of hydrogen-bond acceptors (Lipinski definition) is 6. The lowest BCUT2D eigenvalue weighted by atomic mass is 10.3. The van der Waals surface area contributed by atoms with Crippen molar-refractivity contribution < 1.29 is 19.1 Å². The average Bonchev–Trinajstić information content (AvgIpc) is 3.18. The van der Waals surface area contributed by atoms with Crippen LogP contribution in [0, 0.1) is 0 Å². The van der Waals surface area contributed by atoms with Gasteiger partial charge in [0.05, 0.1) is 6.61 Å². The first-order valence-electron chi connectivity index (χ1n) is 8.96. The van der Waals surface area contributed by atoms with Crippen molar-refractivity contribution in [3.8, 4) is 0 Å². The van der Waals surface area contributed by atoms with Crippen LogP contribution in [0.5, 0.6) is 0 Å². The fourth-order valence-corrected chi connectivity index (χ4v) is 3.50. The van der Waals surface area contributed by atoms with Crippen LogP contribution in [-0.2, 0) is 4.74 Å². The summed E-state index contributed by atoms with van der Waals surface area (Å²) in [6.07, 6.45) is -0.369. The van der Waals surface area contributed by atoms with Crippen molar-refractivity contribution >= 4 is 51.8 Å². The van der Waals surface area contributed by atoms with E-state index >= 15 is 0 Å². The van der Waals surface area contributed by atoms with Crippen molar-refractivity contribution in [3.63, 3.8) is 0 Å². The molecule has 0 aliphatic carbocycles. The van der Waals surface area contributed by atoms with Gasteiger partial charge in [0, 0.05) is 42.3 Å². The molecule has 1 fully saturated rings. The van der Waals surface area contributed by atoms with Gasteiger partial charge in [-0.05, 0) is 31.2 Å². The molecule has 4 amide bonds. The fourth-order valence-electron chi connectivity index (χ4n) is 2.69. The highest BCUT2D eigenvalue weighted by Crippen LogP contribution is 2.19. The van der Waals surface area contributed by atoms with Gasteiger partial charge in [0.1, 0.15) is 5.69 Å². The molecule has 2 heterocycles. The summed E-state index contributed by atoms with van der Waals surface area (Å²) in [5.74, 6) is -0.240. The third-order valence-electron chi connectivity index (χ3n) is 4.14. The summed E-state index contributed by atoms with van der Waals surface area (Å²) < 4.78 is 4.97. The lowest BCUT2D eigenvalue weighted by Crippen LogP contribution is -2.50. The number of piperazine rings is 1. The highest BCUT2D eigenvalue weighted by Gasteiger charge is 2.26. The number of hydrogen-bond donors (Lipinski definition) is 2. The van der Waals surface area contributed by atoms with E-state index in [4.69, 9.17) is 16.3 Å². The Morgan fingerprint density at radius 3 is 2.41 bits per heavy atom. The predicted octanol–water partition coefficient (Wildman–Crippen LogP) is 3.35. The van der Waals surface area contributed by atoms with Crippen LogP contribution in [0.15, 0.2) is 29.6 Å². The van der Waals surface area contributed by atoms with E-state index in [-0.39, 0.29) is 17.7 Å². The Morgan fingerprint density at radius 1 is 1.10 bits per heavy atom. The van der Waals surface area contributed by atoms with E-state index in [0.29, 0.717) is 48.6 Å². The van der Waals surface area contributed by atoms with Gasteiger partial charge in [-0.3, -0.25) is 10.1 Å². The number of aromatic nitrogens is 1. The lowest BCUT2D eigenvalue weighted by Gasteiger charge is -2.33. The molecule has 1 aliphatic heterocycles. The van der Waals surface area contributed by atoms with Crippen LogP contribution >= 0.6 is 22.9 Å². The first-order valence-corrected chi connectivity index (χ1v) is 10.2. The number of anilines is 2. The van der Waals surface area contributed by atoms with Gasteiger partial charge in [-0.15, -0.1) is 11.3 Å². The molecule has 29 heavy (non-hydrogen) atoms. The van der Waals surface area contributed by atoms with Crippen LogP contribution < -0.4 is 10.6 Å². The van der Waals surface area contributed by atoms with Gasteiger partial charge in [-0.1, -0.05) is 11.6 Å². The minimum atomic E-state index is -0.469. The third-order valence-corrected chi connectivity index (χ3v) is 5.15. The second kappa shape index (κ2) is 9.57. The van der Waals surface area contributed by atoms with Crippen LogP contribution in [0.3, 0.4) is 0 Å². The number of nitrogens with zero attached hydrogens (tertiary/aromatic N) is 3. The van der Waals surface area contributed by atoms with E-state index in [0.717, 1.165) is 11.3 Å². The summed E-state index contributed by atoms with van der Waals surface area (Å²) in [5, 5.41) is 7.74. The van der Waals surface area contributed by atoms with Gasteiger partial charge in [0.2, 0.25) is 0 Å². The molecule has 1 aromatic heterocycles. The first kappa shape index (κ1) is 20.9. The Labute approximate surface area is 176 Å². The number of carbonyl (C=O) groups is 3. The van der Waals surface area contributed by atoms with Crippen molar-refractivity contribution in [2.24, 2.45) is 0 Å². The topological polar surface area (TPSA) is 104 Å². The van der Waals surface area contributed by atoms with Crippen molar-refractivity contribution in [2.45, 2.75) is 6.92 Å². The normalized spacial score (nSPS) is 13.7. The molecule has 0 spiro atoms. The average molecular weight is 438 g/mol. The van der Waals surface area contributed by atoms with E-state index in [9.17, 15) is 14.4 Å². The number of urea groups is 1. The number of benzene rings is 1. The molecule has 11 heteroatoms. The van der Waals surface area contributed by atoms with Crippen LogP contribution in [0.1, 0.15) is 17.4 Å². The van der Waals surface area contributed by atoms with Crippen LogP contribution in [0.2, 0.25) is 5.02 Å². The molecule has 1 aliphatic rings. The van der Waals surface area contributed by atoms with Gasteiger partial charge in [-0.25, -0.2) is 14.6 Å². The first-order chi connectivity index (χ1) is 14.0. The minimum Gasteiger partial charge on any atom is -0.450 e. The smallest absolute Gasteiger partial charge is 0.409 e. The number of halogens is 1. The predicted molar refractivity (Wildman–Crippen MR) is 111 cm³/mol. The standard InChI is InChI=1S/C18H20ClN5O4S/c1-2-28-18(27)24-9-7-23(8-10-24)15(25)14-11-29-17(21-14)22-16(26)20-13-5-3-12(19)4-6-13/h3-6,11H,2,7-10H2,1H3,(H2,20,21,22,26). The van der Waals surface area contributed by atoms with Crippen molar-refractivity contribution in [2.75, 3.05) is 43.4 Å². The second-order valence-electron chi connectivity index (χ2n) is 6.10. The SMILES string of the molecule is CCOC(=O)N1CCN(C(=O)c2csc(NC(=O)Nc3ccc(Cl)cc3)n2)CC1. The van der Waals surface area contributed by atoms with E-state index in [1.165, 1.54) is 0 Å². The molecule has 0 radical (unpaired) electrons. The number of thiazole rings is 1. The Balaban J connectivity index is 1.51. The van der Waals surface area contributed by atoms with E-state index in [1.54, 1.807) is 46.4 Å². The molecule has 154 valence electrons. The Morgan fingerprint density at radius 2 is 1.76 bits per heavy atom. The van der Waals surface area contributed by atoms with E-state index in [2.05, 4.69) is 15.6 Å². The Bertz CT molecular complexity index is 881. The Hall–Kier alpha value is -2.85. The molecule has 3 rings (SSSR count). The maximum atomic E-state index is 12.6. The molecule has 0 atom stereocenters. The van der Waals surface area contributed by atoms with Crippen LogP contribution in [-0.4, -0.2) is 65.6 Å². The molecule has 2 N–H and O–H groups in total. The molecule has 0 bridgehead atoms. The summed E-state index contributed by atoms with van der Waals surface area (Å²) in [5.41, 5.74) is 0.834. The fraction of sp³-hybridized carbons (Fsp3) is 0.333. The largest absolute Gasteiger partial charge is 0.450 e. The minimum absolute atomic E-state index is 0.240. The van der Waals surface area contributed by atoms with Crippen LogP contribution in [0.4, 0.5) is 20.4 Å². The third kappa shape index (κ3) is 5.58. The highest BCUT2D eigenvalue weighted by atomic mass is 35.5.